The highest BCUT2D eigenvalue weighted by Crippen LogP contribution is 2.41. The summed E-state index contributed by atoms with van der Waals surface area (Å²) in [5.74, 6) is 0. The summed E-state index contributed by atoms with van der Waals surface area (Å²) in [6.45, 7) is 3.88. The molecule has 1 unspecified atom stereocenters. The smallest absolute Gasteiger partial charge is 0.204 e. The SMILES string of the molecule is CC(C)=CCP(=O)(O)CCc1ccccc1. The van der Waals surface area contributed by atoms with Crippen LogP contribution in [0.25, 0.3) is 0 Å². The highest BCUT2D eigenvalue weighted by Gasteiger charge is 2.15. The maximum absolute atomic E-state index is 11.8. The molecular formula is C13H19O2P. The van der Waals surface area contributed by atoms with Crippen molar-refractivity contribution in [2.24, 2.45) is 0 Å². The van der Waals surface area contributed by atoms with E-state index in [4.69, 9.17) is 0 Å². The lowest BCUT2D eigenvalue weighted by Gasteiger charge is -2.09. The van der Waals surface area contributed by atoms with Crippen molar-refractivity contribution in [3.05, 3.63) is 47.5 Å². The molecule has 0 bridgehead atoms. The van der Waals surface area contributed by atoms with E-state index in [0.29, 0.717) is 18.7 Å². The Bertz CT molecular complexity index is 392. The van der Waals surface area contributed by atoms with Crippen LogP contribution in [0.3, 0.4) is 0 Å². The largest absolute Gasteiger partial charge is 0.344 e. The van der Waals surface area contributed by atoms with Crippen molar-refractivity contribution < 1.29 is 9.46 Å². The molecule has 0 heterocycles. The average molecular weight is 238 g/mol. The van der Waals surface area contributed by atoms with Gasteiger partial charge >= 0.3 is 0 Å². The van der Waals surface area contributed by atoms with Gasteiger partial charge in [0, 0.05) is 12.3 Å². The summed E-state index contributed by atoms with van der Waals surface area (Å²) in [5.41, 5.74) is 2.21. The second-order valence-electron chi connectivity index (χ2n) is 4.27. The summed E-state index contributed by atoms with van der Waals surface area (Å²) in [5, 5.41) is 0. The summed E-state index contributed by atoms with van der Waals surface area (Å²) >= 11 is 0. The molecule has 0 saturated heterocycles. The standard InChI is InChI=1S/C13H19O2P/c1-12(2)8-10-16(14,15)11-9-13-6-4-3-5-7-13/h3-8H,9-11H2,1-2H3,(H,14,15). The minimum absolute atomic E-state index is 0.294. The molecule has 0 aromatic heterocycles. The number of allylic oxidation sites excluding steroid dienone is 2. The van der Waals surface area contributed by atoms with E-state index in [9.17, 15) is 9.46 Å². The van der Waals surface area contributed by atoms with Crippen molar-refractivity contribution in [1.29, 1.82) is 0 Å². The molecule has 1 N–H and O–H groups in total. The minimum Gasteiger partial charge on any atom is -0.344 e. The van der Waals surface area contributed by atoms with E-state index in [1.807, 2.05) is 50.3 Å². The molecule has 0 spiro atoms. The molecule has 0 aliphatic heterocycles. The van der Waals surface area contributed by atoms with E-state index in [2.05, 4.69) is 0 Å². The van der Waals surface area contributed by atoms with Crippen molar-refractivity contribution in [2.45, 2.75) is 20.3 Å². The van der Waals surface area contributed by atoms with Gasteiger partial charge in [0.2, 0.25) is 7.37 Å². The first kappa shape index (κ1) is 13.2. The van der Waals surface area contributed by atoms with Crippen molar-refractivity contribution in [3.8, 4) is 0 Å². The molecule has 0 aliphatic rings. The van der Waals surface area contributed by atoms with Crippen LogP contribution in [0.4, 0.5) is 0 Å². The van der Waals surface area contributed by atoms with Gasteiger partial charge in [0.1, 0.15) is 0 Å². The first-order valence-corrected chi connectivity index (χ1v) is 7.51. The molecular weight excluding hydrogens is 219 g/mol. The van der Waals surface area contributed by atoms with Crippen LogP contribution in [0.5, 0.6) is 0 Å². The fourth-order valence-electron chi connectivity index (χ4n) is 1.36. The maximum atomic E-state index is 11.8. The van der Waals surface area contributed by atoms with Gasteiger partial charge in [-0.1, -0.05) is 42.0 Å². The van der Waals surface area contributed by atoms with Gasteiger partial charge in [-0.05, 0) is 25.8 Å². The molecule has 0 fully saturated rings. The van der Waals surface area contributed by atoms with Crippen molar-refractivity contribution in [3.63, 3.8) is 0 Å². The van der Waals surface area contributed by atoms with Gasteiger partial charge in [-0.3, -0.25) is 4.57 Å². The van der Waals surface area contributed by atoms with Gasteiger partial charge < -0.3 is 4.89 Å². The first-order valence-electron chi connectivity index (χ1n) is 5.48. The summed E-state index contributed by atoms with van der Waals surface area (Å²) in [6.07, 6.45) is 3.17. The summed E-state index contributed by atoms with van der Waals surface area (Å²) < 4.78 is 11.8. The summed E-state index contributed by atoms with van der Waals surface area (Å²) in [4.78, 5) is 9.74. The van der Waals surface area contributed by atoms with E-state index in [0.717, 1.165) is 11.1 Å². The van der Waals surface area contributed by atoms with E-state index in [1.165, 1.54) is 0 Å². The lowest BCUT2D eigenvalue weighted by Crippen LogP contribution is -1.97. The normalized spacial score (nSPS) is 14.2. The predicted molar refractivity (Wildman–Crippen MR) is 69.1 cm³/mol. The second-order valence-corrected chi connectivity index (χ2v) is 6.77. The quantitative estimate of drug-likeness (QED) is 0.630. The van der Waals surface area contributed by atoms with Gasteiger partial charge in [-0.25, -0.2) is 0 Å². The molecule has 0 saturated carbocycles. The monoisotopic (exact) mass is 238 g/mol. The molecule has 0 amide bonds. The highest BCUT2D eigenvalue weighted by molar-refractivity contribution is 7.58. The number of rotatable bonds is 5. The zero-order chi connectivity index (χ0) is 12.0. The molecule has 3 heteroatoms. The van der Waals surface area contributed by atoms with Crippen LogP contribution in [0.2, 0.25) is 0 Å². The Balaban J connectivity index is 2.48. The predicted octanol–water partition coefficient (Wildman–Crippen LogP) is 3.47. The molecule has 1 rings (SSSR count). The van der Waals surface area contributed by atoms with E-state index < -0.39 is 7.37 Å². The Labute approximate surface area is 97.5 Å². The lowest BCUT2D eigenvalue weighted by atomic mass is 10.2. The summed E-state index contributed by atoms with van der Waals surface area (Å²) in [6, 6.07) is 9.83. The number of aryl methyl sites for hydroxylation is 1. The Hall–Kier alpha value is -0.850. The number of benzene rings is 1. The molecule has 1 aromatic rings. The maximum Gasteiger partial charge on any atom is 0.204 e. The van der Waals surface area contributed by atoms with Crippen LogP contribution in [0.1, 0.15) is 19.4 Å². The number of hydrogen-bond acceptors (Lipinski definition) is 1. The summed E-state index contributed by atoms with van der Waals surface area (Å²) in [7, 11) is -2.99. The lowest BCUT2D eigenvalue weighted by molar-refractivity contribution is 0.481. The third-order valence-corrected chi connectivity index (χ3v) is 4.05. The molecule has 88 valence electrons. The van der Waals surface area contributed by atoms with E-state index in [-0.39, 0.29) is 0 Å². The van der Waals surface area contributed by atoms with Crippen molar-refractivity contribution in [2.75, 3.05) is 12.3 Å². The van der Waals surface area contributed by atoms with Crippen LogP contribution >= 0.6 is 7.37 Å². The molecule has 1 aromatic carbocycles. The molecule has 0 aliphatic carbocycles. The third-order valence-electron chi connectivity index (χ3n) is 2.38. The second kappa shape index (κ2) is 6.03. The van der Waals surface area contributed by atoms with Gasteiger partial charge in [0.15, 0.2) is 0 Å². The van der Waals surface area contributed by atoms with Crippen LogP contribution in [0.15, 0.2) is 42.0 Å². The third kappa shape index (κ3) is 5.29. The molecule has 1 atom stereocenters. The Kier molecular flexibility index (Phi) is 4.98. The Morgan fingerprint density at radius 2 is 1.94 bits per heavy atom. The molecule has 2 nitrogen and oxygen atoms in total. The van der Waals surface area contributed by atoms with Crippen molar-refractivity contribution in [1.82, 2.24) is 0 Å². The van der Waals surface area contributed by atoms with Gasteiger partial charge in [-0.2, -0.15) is 0 Å². The highest BCUT2D eigenvalue weighted by atomic mass is 31.2. The Morgan fingerprint density at radius 1 is 1.31 bits per heavy atom. The Morgan fingerprint density at radius 3 is 2.50 bits per heavy atom. The number of hydrogen-bond donors (Lipinski definition) is 1. The average Bonchev–Trinajstić information content (AvgIpc) is 2.26. The van der Waals surface area contributed by atoms with Crippen LogP contribution in [-0.4, -0.2) is 17.2 Å². The van der Waals surface area contributed by atoms with Crippen LogP contribution in [0, 0.1) is 0 Å². The fourth-order valence-corrected chi connectivity index (χ4v) is 2.81. The van der Waals surface area contributed by atoms with Gasteiger partial charge in [0.25, 0.3) is 0 Å². The fraction of sp³-hybridized carbons (Fsp3) is 0.385. The van der Waals surface area contributed by atoms with E-state index >= 15 is 0 Å². The minimum atomic E-state index is -2.99. The van der Waals surface area contributed by atoms with Crippen molar-refractivity contribution >= 4 is 7.37 Å². The van der Waals surface area contributed by atoms with Crippen LogP contribution in [-0.2, 0) is 11.0 Å². The van der Waals surface area contributed by atoms with E-state index in [1.54, 1.807) is 0 Å². The first-order chi connectivity index (χ1) is 7.49. The molecule has 16 heavy (non-hydrogen) atoms. The topological polar surface area (TPSA) is 37.3 Å². The zero-order valence-corrected chi connectivity index (χ0v) is 10.8. The zero-order valence-electron chi connectivity index (χ0n) is 9.89. The van der Waals surface area contributed by atoms with Crippen LogP contribution < -0.4 is 0 Å². The van der Waals surface area contributed by atoms with Gasteiger partial charge in [-0.15, -0.1) is 0 Å². The van der Waals surface area contributed by atoms with Gasteiger partial charge in [0.05, 0.1) is 0 Å². The molecule has 0 radical (unpaired) electrons.